The Morgan fingerprint density at radius 1 is 1.45 bits per heavy atom. The van der Waals surface area contributed by atoms with Crippen LogP contribution in [0.25, 0.3) is 0 Å². The molecule has 0 N–H and O–H groups in total. The molecule has 0 aromatic rings. The maximum absolute atomic E-state index is 5.52. The first kappa shape index (κ1) is 8.38. The molecule has 62 valence electrons. The lowest BCUT2D eigenvalue weighted by atomic mass is 10.2. The van der Waals surface area contributed by atoms with E-state index in [1.807, 2.05) is 0 Å². The van der Waals surface area contributed by atoms with Crippen LogP contribution in [0.2, 0.25) is 0 Å². The van der Waals surface area contributed by atoms with Crippen molar-refractivity contribution in [3.63, 3.8) is 0 Å². The van der Waals surface area contributed by atoms with Gasteiger partial charge in [0.15, 0.2) is 0 Å². The minimum atomic E-state index is 0.617. The zero-order valence-corrected chi connectivity index (χ0v) is 7.34. The minimum absolute atomic E-state index is 0.617. The topological polar surface area (TPSA) is 9.23 Å². The molecule has 0 saturated heterocycles. The Morgan fingerprint density at radius 2 is 2.27 bits per heavy atom. The van der Waals surface area contributed by atoms with Crippen LogP contribution in [0.5, 0.6) is 0 Å². The predicted octanol–water partition coefficient (Wildman–Crippen LogP) is 2.89. The monoisotopic (exact) mass is 152 g/mol. The first-order valence-corrected chi connectivity index (χ1v) is 4.28. The van der Waals surface area contributed by atoms with Crippen LogP contribution in [0.1, 0.15) is 26.7 Å². The maximum Gasteiger partial charge on any atom is 0.115 e. The smallest absolute Gasteiger partial charge is 0.115 e. The SMILES string of the molecule is CC(C)COC1=CCCC=C1. The summed E-state index contributed by atoms with van der Waals surface area (Å²) in [7, 11) is 0. The molecule has 1 aliphatic rings. The molecule has 1 nitrogen and oxygen atoms in total. The molecule has 0 atom stereocenters. The van der Waals surface area contributed by atoms with Crippen LogP contribution in [-0.2, 0) is 4.74 Å². The third-order valence-corrected chi connectivity index (χ3v) is 1.54. The Kier molecular flexibility index (Phi) is 3.21. The van der Waals surface area contributed by atoms with Gasteiger partial charge in [-0.1, -0.05) is 19.9 Å². The molecule has 0 unspecified atom stereocenters. The highest BCUT2D eigenvalue weighted by atomic mass is 16.5. The molecule has 0 amide bonds. The molecule has 1 aliphatic carbocycles. The van der Waals surface area contributed by atoms with E-state index >= 15 is 0 Å². The van der Waals surface area contributed by atoms with Gasteiger partial charge in [0, 0.05) is 0 Å². The van der Waals surface area contributed by atoms with Gasteiger partial charge in [-0.3, -0.25) is 0 Å². The molecule has 0 aliphatic heterocycles. The van der Waals surface area contributed by atoms with E-state index in [-0.39, 0.29) is 0 Å². The third-order valence-electron chi connectivity index (χ3n) is 1.54. The highest BCUT2D eigenvalue weighted by Gasteiger charge is 1.99. The minimum Gasteiger partial charge on any atom is -0.494 e. The van der Waals surface area contributed by atoms with Gasteiger partial charge in [-0.2, -0.15) is 0 Å². The van der Waals surface area contributed by atoms with Crippen LogP contribution >= 0.6 is 0 Å². The summed E-state index contributed by atoms with van der Waals surface area (Å²) in [6.45, 7) is 5.15. The molecule has 0 heterocycles. The molecule has 0 aromatic heterocycles. The standard InChI is InChI=1S/C10H16O/c1-9(2)8-11-10-6-4-3-5-7-10/h4,6-7,9H,3,5,8H2,1-2H3. The quantitative estimate of drug-likeness (QED) is 0.604. The van der Waals surface area contributed by atoms with Gasteiger partial charge in [0.1, 0.15) is 5.76 Å². The summed E-state index contributed by atoms with van der Waals surface area (Å²) >= 11 is 0. The van der Waals surface area contributed by atoms with Crippen molar-refractivity contribution in [2.45, 2.75) is 26.7 Å². The molecule has 0 saturated carbocycles. The average molecular weight is 152 g/mol. The highest BCUT2D eigenvalue weighted by molar-refractivity contribution is 5.15. The summed E-state index contributed by atoms with van der Waals surface area (Å²) in [4.78, 5) is 0. The molecule has 0 aromatic carbocycles. The van der Waals surface area contributed by atoms with Gasteiger partial charge in [-0.15, -0.1) is 0 Å². The molecule has 1 rings (SSSR count). The van der Waals surface area contributed by atoms with Crippen LogP contribution in [0.4, 0.5) is 0 Å². The van der Waals surface area contributed by atoms with E-state index in [1.165, 1.54) is 0 Å². The fourth-order valence-corrected chi connectivity index (χ4v) is 0.959. The number of hydrogen-bond donors (Lipinski definition) is 0. The van der Waals surface area contributed by atoms with Gasteiger partial charge >= 0.3 is 0 Å². The van der Waals surface area contributed by atoms with Gasteiger partial charge in [0.2, 0.25) is 0 Å². The van der Waals surface area contributed by atoms with Crippen molar-refractivity contribution in [2.75, 3.05) is 6.61 Å². The van der Waals surface area contributed by atoms with Gasteiger partial charge in [-0.05, 0) is 30.9 Å². The number of allylic oxidation sites excluding steroid dienone is 3. The van der Waals surface area contributed by atoms with Crippen LogP contribution in [-0.4, -0.2) is 6.61 Å². The van der Waals surface area contributed by atoms with Crippen molar-refractivity contribution < 1.29 is 4.74 Å². The zero-order chi connectivity index (χ0) is 8.10. The normalized spacial score (nSPS) is 16.8. The van der Waals surface area contributed by atoms with E-state index in [0.717, 1.165) is 25.2 Å². The van der Waals surface area contributed by atoms with Crippen molar-refractivity contribution in [3.8, 4) is 0 Å². The van der Waals surface area contributed by atoms with E-state index in [0.29, 0.717) is 5.92 Å². The lowest BCUT2D eigenvalue weighted by Gasteiger charge is -2.11. The van der Waals surface area contributed by atoms with Crippen LogP contribution in [0.15, 0.2) is 24.0 Å². The van der Waals surface area contributed by atoms with Crippen LogP contribution in [0, 0.1) is 5.92 Å². The van der Waals surface area contributed by atoms with E-state index < -0.39 is 0 Å². The van der Waals surface area contributed by atoms with Gasteiger partial charge in [0.25, 0.3) is 0 Å². The summed E-state index contributed by atoms with van der Waals surface area (Å²) in [5.41, 5.74) is 0. The van der Waals surface area contributed by atoms with Gasteiger partial charge in [0.05, 0.1) is 6.61 Å². The Balaban J connectivity index is 2.25. The zero-order valence-electron chi connectivity index (χ0n) is 7.34. The fraction of sp³-hybridized carbons (Fsp3) is 0.600. The van der Waals surface area contributed by atoms with Crippen molar-refractivity contribution in [1.29, 1.82) is 0 Å². The molecule has 11 heavy (non-hydrogen) atoms. The largest absolute Gasteiger partial charge is 0.494 e. The van der Waals surface area contributed by atoms with Crippen molar-refractivity contribution in [1.82, 2.24) is 0 Å². The molecular formula is C10H16O. The predicted molar refractivity (Wildman–Crippen MR) is 47.2 cm³/mol. The number of ether oxygens (including phenoxy) is 1. The van der Waals surface area contributed by atoms with Crippen LogP contribution < -0.4 is 0 Å². The summed E-state index contributed by atoms with van der Waals surface area (Å²) < 4.78 is 5.52. The lowest BCUT2D eigenvalue weighted by molar-refractivity contribution is 0.188. The van der Waals surface area contributed by atoms with E-state index in [4.69, 9.17) is 4.74 Å². The second-order valence-electron chi connectivity index (χ2n) is 3.29. The molecule has 0 spiro atoms. The third kappa shape index (κ3) is 3.26. The van der Waals surface area contributed by atoms with Crippen molar-refractivity contribution in [3.05, 3.63) is 24.0 Å². The second kappa shape index (κ2) is 4.22. The Bertz CT molecular complexity index is 166. The number of hydrogen-bond acceptors (Lipinski definition) is 1. The van der Waals surface area contributed by atoms with E-state index in [2.05, 4.69) is 32.1 Å². The summed E-state index contributed by atoms with van der Waals surface area (Å²) in [6.07, 6.45) is 8.67. The first-order valence-electron chi connectivity index (χ1n) is 4.28. The Labute approximate surface area is 68.8 Å². The Morgan fingerprint density at radius 3 is 2.82 bits per heavy atom. The van der Waals surface area contributed by atoms with Crippen LogP contribution in [0.3, 0.4) is 0 Å². The summed E-state index contributed by atoms with van der Waals surface area (Å²) in [6, 6.07) is 0. The second-order valence-corrected chi connectivity index (χ2v) is 3.29. The molecule has 1 heteroatoms. The Hall–Kier alpha value is -0.720. The molecule has 0 bridgehead atoms. The fourth-order valence-electron chi connectivity index (χ4n) is 0.959. The molecule has 0 radical (unpaired) electrons. The maximum atomic E-state index is 5.52. The van der Waals surface area contributed by atoms with Crippen molar-refractivity contribution in [2.24, 2.45) is 5.92 Å². The van der Waals surface area contributed by atoms with Gasteiger partial charge in [-0.25, -0.2) is 0 Å². The van der Waals surface area contributed by atoms with Crippen molar-refractivity contribution >= 4 is 0 Å². The average Bonchev–Trinajstić information content (AvgIpc) is 2.03. The molecule has 0 fully saturated rings. The van der Waals surface area contributed by atoms with E-state index in [1.54, 1.807) is 0 Å². The summed E-state index contributed by atoms with van der Waals surface area (Å²) in [5, 5.41) is 0. The van der Waals surface area contributed by atoms with Gasteiger partial charge < -0.3 is 4.74 Å². The highest BCUT2D eigenvalue weighted by Crippen LogP contribution is 2.11. The number of rotatable bonds is 3. The molecular weight excluding hydrogens is 136 g/mol. The van der Waals surface area contributed by atoms with E-state index in [9.17, 15) is 0 Å². The summed E-state index contributed by atoms with van der Waals surface area (Å²) in [5.74, 6) is 1.66. The lowest BCUT2D eigenvalue weighted by Crippen LogP contribution is -2.01. The first-order chi connectivity index (χ1) is 5.29.